The molecule has 1 heterocycles. The van der Waals surface area contributed by atoms with Crippen molar-refractivity contribution in [1.29, 1.82) is 5.26 Å². The van der Waals surface area contributed by atoms with Crippen molar-refractivity contribution in [3.8, 4) is 6.07 Å². The molecule has 1 aromatic rings. The molecule has 4 nitrogen and oxygen atoms in total. The van der Waals surface area contributed by atoms with Crippen LogP contribution in [0.4, 0.5) is 11.4 Å². The van der Waals surface area contributed by atoms with E-state index in [1.54, 1.807) is 6.07 Å². The van der Waals surface area contributed by atoms with Crippen molar-refractivity contribution in [2.75, 3.05) is 37.2 Å². The van der Waals surface area contributed by atoms with Crippen LogP contribution in [-0.4, -0.2) is 31.1 Å². The van der Waals surface area contributed by atoms with Crippen LogP contribution >= 0.6 is 0 Å². The monoisotopic (exact) mass is 258 g/mol. The van der Waals surface area contributed by atoms with Gasteiger partial charge in [0.05, 0.1) is 16.9 Å². The van der Waals surface area contributed by atoms with E-state index in [2.05, 4.69) is 23.2 Å². The van der Waals surface area contributed by atoms with Crippen LogP contribution in [0.25, 0.3) is 0 Å². The Kier molecular flexibility index (Phi) is 4.64. The molecular formula is C15H22N4. The number of benzene rings is 1. The Balaban J connectivity index is 1.81. The van der Waals surface area contributed by atoms with Crippen LogP contribution in [-0.2, 0) is 0 Å². The third kappa shape index (κ3) is 3.62. The van der Waals surface area contributed by atoms with Gasteiger partial charge in [-0.2, -0.15) is 5.26 Å². The summed E-state index contributed by atoms with van der Waals surface area (Å²) in [5.41, 5.74) is 7.89. The van der Waals surface area contributed by atoms with Gasteiger partial charge >= 0.3 is 0 Å². The van der Waals surface area contributed by atoms with Crippen molar-refractivity contribution in [3.05, 3.63) is 23.8 Å². The molecule has 0 unspecified atom stereocenters. The number of nitrogens with two attached hydrogens (primary N) is 1. The second-order valence-electron chi connectivity index (χ2n) is 5.33. The van der Waals surface area contributed by atoms with E-state index in [0.717, 1.165) is 24.7 Å². The number of piperidine rings is 1. The Morgan fingerprint density at radius 2 is 2.16 bits per heavy atom. The summed E-state index contributed by atoms with van der Waals surface area (Å²) in [4.78, 5) is 2.48. The van der Waals surface area contributed by atoms with Gasteiger partial charge in [0.1, 0.15) is 6.07 Å². The summed E-state index contributed by atoms with van der Waals surface area (Å²) in [6.45, 7) is 6.60. The molecule has 0 saturated carbocycles. The number of nitrogen functional groups attached to an aromatic ring is 1. The largest absolute Gasteiger partial charge is 0.396 e. The first kappa shape index (κ1) is 13.7. The summed E-state index contributed by atoms with van der Waals surface area (Å²) in [6, 6.07) is 7.63. The van der Waals surface area contributed by atoms with Gasteiger partial charge in [0, 0.05) is 13.1 Å². The third-order valence-electron chi connectivity index (χ3n) is 3.85. The zero-order valence-electron chi connectivity index (χ0n) is 11.5. The van der Waals surface area contributed by atoms with Crippen LogP contribution in [0.3, 0.4) is 0 Å². The second kappa shape index (κ2) is 6.44. The minimum atomic E-state index is 0.539. The highest BCUT2D eigenvalue weighted by Gasteiger charge is 2.14. The molecule has 2 rings (SSSR count). The van der Waals surface area contributed by atoms with Gasteiger partial charge < -0.3 is 16.0 Å². The van der Waals surface area contributed by atoms with E-state index < -0.39 is 0 Å². The zero-order valence-corrected chi connectivity index (χ0v) is 11.5. The van der Waals surface area contributed by atoms with E-state index in [9.17, 15) is 0 Å². The molecule has 1 aliphatic heterocycles. The Morgan fingerprint density at radius 3 is 2.84 bits per heavy atom. The molecule has 0 amide bonds. The van der Waals surface area contributed by atoms with Crippen molar-refractivity contribution in [2.45, 2.75) is 19.8 Å². The average molecular weight is 258 g/mol. The SMILES string of the molecule is CC1CCN(CCNc2cccc(C#N)c2N)CC1. The molecule has 0 bridgehead atoms. The highest BCUT2D eigenvalue weighted by Crippen LogP contribution is 2.22. The summed E-state index contributed by atoms with van der Waals surface area (Å²) in [6.07, 6.45) is 2.60. The van der Waals surface area contributed by atoms with Crippen molar-refractivity contribution in [1.82, 2.24) is 4.90 Å². The van der Waals surface area contributed by atoms with E-state index in [-0.39, 0.29) is 0 Å². The lowest BCUT2D eigenvalue weighted by molar-refractivity contribution is 0.199. The summed E-state index contributed by atoms with van der Waals surface area (Å²) >= 11 is 0. The first-order chi connectivity index (χ1) is 9.20. The van der Waals surface area contributed by atoms with Gasteiger partial charge in [0.15, 0.2) is 0 Å². The quantitative estimate of drug-likeness (QED) is 0.813. The molecule has 0 radical (unpaired) electrons. The van der Waals surface area contributed by atoms with Crippen molar-refractivity contribution >= 4 is 11.4 Å². The number of nitriles is 1. The predicted molar refractivity (Wildman–Crippen MR) is 78.9 cm³/mol. The molecule has 102 valence electrons. The Bertz CT molecular complexity index is 456. The molecule has 0 aromatic heterocycles. The normalized spacial score (nSPS) is 17.1. The third-order valence-corrected chi connectivity index (χ3v) is 3.85. The Hall–Kier alpha value is -1.73. The lowest BCUT2D eigenvalue weighted by Crippen LogP contribution is -2.36. The maximum atomic E-state index is 8.93. The molecule has 1 aliphatic rings. The van der Waals surface area contributed by atoms with Crippen LogP contribution in [0.5, 0.6) is 0 Å². The average Bonchev–Trinajstić information content (AvgIpc) is 2.43. The van der Waals surface area contributed by atoms with E-state index in [1.165, 1.54) is 25.9 Å². The first-order valence-corrected chi connectivity index (χ1v) is 6.95. The molecular weight excluding hydrogens is 236 g/mol. The van der Waals surface area contributed by atoms with Gasteiger partial charge in [-0.1, -0.05) is 13.0 Å². The summed E-state index contributed by atoms with van der Waals surface area (Å²) in [5.74, 6) is 0.868. The maximum absolute atomic E-state index is 8.93. The van der Waals surface area contributed by atoms with E-state index >= 15 is 0 Å². The molecule has 19 heavy (non-hydrogen) atoms. The standard InChI is InChI=1S/C15H22N4/c1-12-5-8-19(9-6-12)10-7-18-14-4-2-3-13(11-16)15(14)17/h2-4,12,18H,5-10,17H2,1H3. The van der Waals surface area contributed by atoms with Crippen molar-refractivity contribution < 1.29 is 0 Å². The van der Waals surface area contributed by atoms with Gasteiger partial charge in [-0.3, -0.25) is 0 Å². The fraction of sp³-hybridized carbons (Fsp3) is 0.533. The van der Waals surface area contributed by atoms with Gasteiger partial charge in [-0.15, -0.1) is 0 Å². The number of hydrogen-bond donors (Lipinski definition) is 2. The lowest BCUT2D eigenvalue weighted by atomic mass is 9.99. The number of anilines is 2. The highest BCUT2D eigenvalue weighted by atomic mass is 15.1. The highest BCUT2D eigenvalue weighted by molar-refractivity contribution is 5.72. The number of para-hydroxylation sites is 1. The van der Waals surface area contributed by atoms with Gasteiger partial charge in [-0.05, 0) is 44.0 Å². The van der Waals surface area contributed by atoms with Crippen molar-refractivity contribution in [3.63, 3.8) is 0 Å². The molecule has 3 N–H and O–H groups in total. The minimum Gasteiger partial charge on any atom is -0.396 e. The molecule has 1 saturated heterocycles. The van der Waals surface area contributed by atoms with E-state index in [0.29, 0.717) is 11.3 Å². The molecule has 0 spiro atoms. The Morgan fingerprint density at radius 1 is 1.42 bits per heavy atom. The predicted octanol–water partition coefficient (Wildman–Crippen LogP) is 2.28. The topological polar surface area (TPSA) is 65.1 Å². The maximum Gasteiger partial charge on any atom is 0.101 e. The van der Waals surface area contributed by atoms with Crippen LogP contribution in [0.15, 0.2) is 18.2 Å². The van der Waals surface area contributed by atoms with Crippen molar-refractivity contribution in [2.24, 2.45) is 5.92 Å². The van der Waals surface area contributed by atoms with Crippen LogP contribution in [0, 0.1) is 17.2 Å². The summed E-state index contributed by atoms with van der Waals surface area (Å²) in [5, 5.41) is 12.3. The van der Waals surface area contributed by atoms with E-state index in [1.807, 2.05) is 12.1 Å². The molecule has 0 aliphatic carbocycles. The van der Waals surface area contributed by atoms with Gasteiger partial charge in [0.2, 0.25) is 0 Å². The van der Waals surface area contributed by atoms with Gasteiger partial charge in [0.25, 0.3) is 0 Å². The molecule has 4 heteroatoms. The Labute approximate surface area is 115 Å². The lowest BCUT2D eigenvalue weighted by Gasteiger charge is -2.30. The summed E-state index contributed by atoms with van der Waals surface area (Å²) in [7, 11) is 0. The summed E-state index contributed by atoms with van der Waals surface area (Å²) < 4.78 is 0. The van der Waals surface area contributed by atoms with Crippen LogP contribution < -0.4 is 11.1 Å². The van der Waals surface area contributed by atoms with Crippen LogP contribution in [0.2, 0.25) is 0 Å². The second-order valence-corrected chi connectivity index (χ2v) is 5.33. The fourth-order valence-electron chi connectivity index (χ4n) is 2.45. The molecule has 1 fully saturated rings. The first-order valence-electron chi connectivity index (χ1n) is 6.95. The van der Waals surface area contributed by atoms with Crippen LogP contribution in [0.1, 0.15) is 25.3 Å². The molecule has 1 aromatic carbocycles. The number of hydrogen-bond acceptors (Lipinski definition) is 4. The number of rotatable bonds is 4. The minimum absolute atomic E-state index is 0.539. The van der Waals surface area contributed by atoms with Gasteiger partial charge in [-0.25, -0.2) is 0 Å². The number of nitrogens with zero attached hydrogens (tertiary/aromatic N) is 2. The smallest absolute Gasteiger partial charge is 0.101 e. The number of nitrogens with one attached hydrogen (secondary N) is 1. The zero-order chi connectivity index (χ0) is 13.7. The molecule has 0 atom stereocenters. The van der Waals surface area contributed by atoms with E-state index in [4.69, 9.17) is 11.0 Å². The fourth-order valence-corrected chi connectivity index (χ4v) is 2.45. The number of likely N-dealkylation sites (tertiary alicyclic amines) is 1.